The molecular formula is C17H28O9. The molecule has 9 nitrogen and oxygen atoms in total. The molecule has 1 N–H and O–H groups in total. The van der Waals surface area contributed by atoms with Crippen LogP contribution in [-0.4, -0.2) is 54.1 Å². The Hall–Kier alpha value is -2.16. The number of ether oxygens (including phenoxy) is 4. The van der Waals surface area contributed by atoms with Crippen LogP contribution in [0.25, 0.3) is 0 Å². The lowest BCUT2D eigenvalue weighted by Crippen LogP contribution is -2.47. The van der Waals surface area contributed by atoms with Crippen molar-refractivity contribution in [3.8, 4) is 0 Å². The number of carbonyl (C=O) groups is 4. The van der Waals surface area contributed by atoms with Gasteiger partial charge < -0.3 is 24.1 Å². The highest BCUT2D eigenvalue weighted by Gasteiger charge is 2.37. The Balaban J connectivity index is 0.00000110. The molecule has 0 aliphatic carbocycles. The first kappa shape index (κ1) is 23.8. The van der Waals surface area contributed by atoms with Crippen LogP contribution in [0.1, 0.15) is 59.8 Å². The van der Waals surface area contributed by atoms with E-state index in [9.17, 15) is 19.2 Å². The van der Waals surface area contributed by atoms with E-state index >= 15 is 0 Å². The first-order chi connectivity index (χ1) is 12.3. The predicted octanol–water partition coefficient (Wildman–Crippen LogP) is 1.81. The first-order valence-corrected chi connectivity index (χ1v) is 8.68. The van der Waals surface area contributed by atoms with Crippen LogP contribution in [0.5, 0.6) is 0 Å². The van der Waals surface area contributed by atoms with E-state index in [1.54, 1.807) is 27.7 Å². The van der Waals surface area contributed by atoms with Crippen LogP contribution >= 0.6 is 0 Å². The van der Waals surface area contributed by atoms with Gasteiger partial charge in [0.05, 0.1) is 13.0 Å². The van der Waals surface area contributed by atoms with E-state index in [-0.39, 0.29) is 38.7 Å². The summed E-state index contributed by atoms with van der Waals surface area (Å²) in [6.45, 7) is 6.64. The van der Waals surface area contributed by atoms with Gasteiger partial charge in [0.25, 0.3) is 0 Å². The standard InChI is InChI=1S/C14H22O7.C3H6O2/c1-4-11(15)19-9-7-14(21-13(17)6-3)18-8-10(9)20-12(16)5-2;1-2-3(4)5/h9-10,14H,4-8H2,1-3H3;2H2,1H3,(H,4,5)/t9-,10-,14?;/m1./s1. The number of rotatable bonds is 7. The molecule has 1 fully saturated rings. The highest BCUT2D eigenvalue weighted by molar-refractivity contribution is 5.70. The SMILES string of the molecule is CCC(=O)O.CCC(=O)OC1C[C@@H](OC(=O)CC)[C@H](OC(=O)CC)CO1. The second kappa shape index (κ2) is 13.1. The monoisotopic (exact) mass is 376 g/mol. The number of aliphatic carboxylic acids is 1. The van der Waals surface area contributed by atoms with E-state index in [1.165, 1.54) is 0 Å². The third-order valence-corrected chi connectivity index (χ3v) is 3.28. The Morgan fingerprint density at radius 1 is 0.808 bits per heavy atom. The number of esters is 3. The Bertz CT molecular complexity index is 475. The lowest BCUT2D eigenvalue weighted by Gasteiger charge is -2.34. The summed E-state index contributed by atoms with van der Waals surface area (Å²) >= 11 is 0. The average Bonchev–Trinajstić information content (AvgIpc) is 2.63. The highest BCUT2D eigenvalue weighted by Crippen LogP contribution is 2.22. The van der Waals surface area contributed by atoms with Gasteiger partial charge >= 0.3 is 23.9 Å². The molecule has 1 unspecified atom stereocenters. The van der Waals surface area contributed by atoms with Gasteiger partial charge in [-0.15, -0.1) is 0 Å². The summed E-state index contributed by atoms with van der Waals surface area (Å²) in [5.41, 5.74) is 0. The minimum atomic E-state index is -0.788. The van der Waals surface area contributed by atoms with Gasteiger partial charge in [0.1, 0.15) is 6.10 Å². The zero-order valence-corrected chi connectivity index (χ0v) is 15.7. The molecule has 0 aromatic heterocycles. The third-order valence-electron chi connectivity index (χ3n) is 3.28. The van der Waals surface area contributed by atoms with Gasteiger partial charge in [0.15, 0.2) is 6.10 Å². The van der Waals surface area contributed by atoms with Crippen LogP contribution in [-0.2, 0) is 38.1 Å². The topological polar surface area (TPSA) is 125 Å². The van der Waals surface area contributed by atoms with Gasteiger partial charge in [-0.05, 0) is 0 Å². The molecule has 0 spiro atoms. The first-order valence-electron chi connectivity index (χ1n) is 8.68. The Kier molecular flexibility index (Phi) is 12.0. The quantitative estimate of drug-likeness (QED) is 0.523. The maximum absolute atomic E-state index is 11.5. The second-order valence-corrected chi connectivity index (χ2v) is 5.35. The van der Waals surface area contributed by atoms with Gasteiger partial charge in [-0.2, -0.15) is 0 Å². The largest absolute Gasteiger partial charge is 0.481 e. The number of hydrogen-bond donors (Lipinski definition) is 1. The predicted molar refractivity (Wildman–Crippen MR) is 89.0 cm³/mol. The van der Waals surface area contributed by atoms with E-state index < -0.39 is 42.4 Å². The zero-order valence-electron chi connectivity index (χ0n) is 15.7. The van der Waals surface area contributed by atoms with Crippen molar-refractivity contribution in [1.29, 1.82) is 0 Å². The molecule has 9 heteroatoms. The summed E-state index contributed by atoms with van der Waals surface area (Å²) in [7, 11) is 0. The molecule has 1 rings (SSSR count). The van der Waals surface area contributed by atoms with E-state index in [4.69, 9.17) is 24.1 Å². The van der Waals surface area contributed by atoms with Crippen molar-refractivity contribution in [3.05, 3.63) is 0 Å². The van der Waals surface area contributed by atoms with Gasteiger partial charge in [0.2, 0.25) is 6.29 Å². The van der Waals surface area contributed by atoms with Crippen LogP contribution in [0.15, 0.2) is 0 Å². The molecule has 26 heavy (non-hydrogen) atoms. The van der Waals surface area contributed by atoms with Crippen LogP contribution in [0.3, 0.4) is 0 Å². The van der Waals surface area contributed by atoms with E-state index in [0.717, 1.165) is 0 Å². The van der Waals surface area contributed by atoms with Crippen molar-refractivity contribution in [3.63, 3.8) is 0 Å². The lowest BCUT2D eigenvalue weighted by molar-refractivity contribution is -0.230. The normalized spacial score (nSPS) is 21.6. The molecule has 1 heterocycles. The fraction of sp³-hybridized carbons (Fsp3) is 0.765. The molecule has 0 aromatic carbocycles. The molecule has 0 amide bonds. The summed E-state index contributed by atoms with van der Waals surface area (Å²) in [5.74, 6) is -1.94. The van der Waals surface area contributed by atoms with Crippen molar-refractivity contribution in [2.24, 2.45) is 0 Å². The van der Waals surface area contributed by atoms with Crippen LogP contribution in [0, 0.1) is 0 Å². The highest BCUT2D eigenvalue weighted by atomic mass is 16.7. The third kappa shape index (κ3) is 9.97. The molecule has 0 radical (unpaired) electrons. The fourth-order valence-corrected chi connectivity index (χ4v) is 1.77. The summed E-state index contributed by atoms with van der Waals surface area (Å²) < 4.78 is 20.9. The summed E-state index contributed by atoms with van der Waals surface area (Å²) in [6.07, 6.45) is -1.10. The Labute approximate surface area is 152 Å². The molecule has 1 aliphatic heterocycles. The molecule has 0 saturated carbocycles. The molecule has 1 aliphatic rings. The number of hydrogen-bond acceptors (Lipinski definition) is 8. The Morgan fingerprint density at radius 2 is 1.23 bits per heavy atom. The van der Waals surface area contributed by atoms with Gasteiger partial charge in [-0.25, -0.2) is 0 Å². The lowest BCUT2D eigenvalue weighted by atomic mass is 10.1. The smallest absolute Gasteiger partial charge is 0.307 e. The minimum absolute atomic E-state index is 0.0229. The van der Waals surface area contributed by atoms with Crippen molar-refractivity contribution in [1.82, 2.24) is 0 Å². The van der Waals surface area contributed by atoms with Gasteiger partial charge in [0, 0.05) is 25.7 Å². The van der Waals surface area contributed by atoms with Crippen molar-refractivity contribution < 1.29 is 43.2 Å². The Morgan fingerprint density at radius 3 is 1.65 bits per heavy atom. The van der Waals surface area contributed by atoms with Gasteiger partial charge in [-0.3, -0.25) is 19.2 Å². The number of carboxylic acid groups (broad SMARTS) is 1. The molecule has 0 bridgehead atoms. The molecule has 3 atom stereocenters. The van der Waals surface area contributed by atoms with Crippen molar-refractivity contribution in [2.45, 2.75) is 78.3 Å². The zero-order chi connectivity index (χ0) is 20.1. The second-order valence-electron chi connectivity index (χ2n) is 5.35. The minimum Gasteiger partial charge on any atom is -0.481 e. The van der Waals surface area contributed by atoms with E-state index in [0.29, 0.717) is 0 Å². The maximum atomic E-state index is 11.5. The summed E-state index contributed by atoms with van der Waals surface area (Å²) in [5, 5.41) is 7.72. The summed E-state index contributed by atoms with van der Waals surface area (Å²) in [4.78, 5) is 43.5. The average molecular weight is 376 g/mol. The summed E-state index contributed by atoms with van der Waals surface area (Å²) in [6, 6.07) is 0. The maximum Gasteiger partial charge on any atom is 0.307 e. The molecule has 150 valence electrons. The van der Waals surface area contributed by atoms with Crippen molar-refractivity contribution in [2.75, 3.05) is 6.61 Å². The number of carbonyl (C=O) groups excluding carboxylic acids is 3. The van der Waals surface area contributed by atoms with Crippen molar-refractivity contribution >= 4 is 23.9 Å². The fourth-order valence-electron chi connectivity index (χ4n) is 1.77. The van der Waals surface area contributed by atoms with E-state index in [2.05, 4.69) is 0 Å². The van der Waals surface area contributed by atoms with E-state index in [1.807, 2.05) is 0 Å². The van der Waals surface area contributed by atoms with Crippen LogP contribution < -0.4 is 0 Å². The molecule has 1 saturated heterocycles. The van der Waals surface area contributed by atoms with Crippen LogP contribution in [0.4, 0.5) is 0 Å². The molecular weight excluding hydrogens is 348 g/mol. The molecule has 0 aromatic rings. The van der Waals surface area contributed by atoms with Crippen LogP contribution in [0.2, 0.25) is 0 Å². The number of carboxylic acids is 1. The van der Waals surface area contributed by atoms with Gasteiger partial charge in [-0.1, -0.05) is 27.7 Å².